The zero-order chi connectivity index (χ0) is 20.4. The average Bonchev–Trinajstić information content (AvgIpc) is 3.34. The Morgan fingerprint density at radius 1 is 1.21 bits per heavy atom. The second kappa shape index (κ2) is 8.10. The zero-order valence-electron chi connectivity index (χ0n) is 15.8. The van der Waals surface area contributed by atoms with Crippen LogP contribution in [-0.4, -0.2) is 30.3 Å². The number of benzene rings is 2. The van der Waals surface area contributed by atoms with Crippen molar-refractivity contribution >= 4 is 34.2 Å². The third-order valence-electron chi connectivity index (χ3n) is 4.40. The third-order valence-corrected chi connectivity index (χ3v) is 5.27. The summed E-state index contributed by atoms with van der Waals surface area (Å²) in [6.45, 7) is 4.02. The number of nitrogens with zero attached hydrogens (tertiary/aromatic N) is 5. The lowest BCUT2D eigenvalue weighted by Gasteiger charge is -2.05. The Bertz CT molecular complexity index is 1190. The highest BCUT2D eigenvalue weighted by Gasteiger charge is 2.18. The van der Waals surface area contributed by atoms with Gasteiger partial charge in [-0.3, -0.25) is 10.1 Å². The van der Waals surface area contributed by atoms with E-state index in [4.69, 9.17) is 11.6 Å². The molecule has 0 unspecified atom stereocenters. The first-order chi connectivity index (χ1) is 14.0. The molecule has 146 valence electrons. The van der Waals surface area contributed by atoms with Crippen LogP contribution in [0.5, 0.6) is 0 Å². The Morgan fingerprint density at radius 3 is 2.83 bits per heavy atom. The number of aromatic nitrogens is 5. The van der Waals surface area contributed by atoms with E-state index in [1.54, 1.807) is 28.9 Å². The molecule has 29 heavy (non-hydrogen) atoms. The molecule has 0 fully saturated rings. The predicted octanol–water partition coefficient (Wildman–Crippen LogP) is 4.56. The summed E-state index contributed by atoms with van der Waals surface area (Å²) in [6.07, 6.45) is 0.942. The van der Waals surface area contributed by atoms with Crippen LogP contribution in [0, 0.1) is 6.92 Å². The van der Waals surface area contributed by atoms with Crippen LogP contribution >= 0.6 is 23.1 Å². The van der Waals surface area contributed by atoms with E-state index < -0.39 is 0 Å². The van der Waals surface area contributed by atoms with Crippen LogP contribution in [-0.2, 0) is 6.42 Å². The Kier molecular flexibility index (Phi) is 5.37. The second-order valence-electron chi connectivity index (χ2n) is 6.35. The van der Waals surface area contributed by atoms with Crippen molar-refractivity contribution in [3.63, 3.8) is 0 Å². The molecular formula is C20H17ClN6OS. The first-order valence-corrected chi connectivity index (χ1v) is 10.1. The minimum atomic E-state index is -0.299. The van der Waals surface area contributed by atoms with Crippen molar-refractivity contribution in [1.29, 1.82) is 0 Å². The van der Waals surface area contributed by atoms with E-state index in [1.165, 1.54) is 5.56 Å². The van der Waals surface area contributed by atoms with Crippen LogP contribution in [0.25, 0.3) is 17.2 Å². The van der Waals surface area contributed by atoms with E-state index in [0.29, 0.717) is 27.2 Å². The van der Waals surface area contributed by atoms with Gasteiger partial charge in [0.05, 0.1) is 11.4 Å². The minimum Gasteiger partial charge on any atom is -0.297 e. The molecule has 9 heteroatoms. The van der Waals surface area contributed by atoms with Crippen molar-refractivity contribution in [2.45, 2.75) is 20.3 Å². The summed E-state index contributed by atoms with van der Waals surface area (Å²) in [5, 5.41) is 12.1. The Morgan fingerprint density at radius 2 is 2.03 bits per heavy atom. The quantitative estimate of drug-likeness (QED) is 0.507. The van der Waals surface area contributed by atoms with Crippen LogP contribution in [0.1, 0.15) is 28.5 Å². The van der Waals surface area contributed by atoms with Crippen molar-refractivity contribution in [3.8, 4) is 17.2 Å². The Balaban J connectivity index is 1.57. The maximum absolute atomic E-state index is 12.4. The number of carbonyl (C=O) groups is 1. The molecule has 0 atom stereocenters. The molecule has 4 rings (SSSR count). The molecule has 4 aromatic rings. The fourth-order valence-electron chi connectivity index (χ4n) is 2.86. The monoisotopic (exact) mass is 424 g/mol. The Labute approximate surface area is 176 Å². The smallest absolute Gasteiger partial charge is 0.257 e. The normalized spacial score (nSPS) is 10.9. The first kappa shape index (κ1) is 19.2. The lowest BCUT2D eigenvalue weighted by Crippen LogP contribution is -2.11. The highest BCUT2D eigenvalue weighted by molar-refractivity contribution is 7.10. The number of hydrogen-bond donors (Lipinski definition) is 1. The van der Waals surface area contributed by atoms with E-state index in [1.807, 2.05) is 19.1 Å². The SMILES string of the molecule is CCc1cccc(-n2nnc(-c3nsc(NC(=O)c4cccc(Cl)c4)n3)c2C)c1. The van der Waals surface area contributed by atoms with Gasteiger partial charge in [0, 0.05) is 22.1 Å². The minimum absolute atomic E-state index is 0.299. The zero-order valence-corrected chi connectivity index (χ0v) is 17.3. The summed E-state index contributed by atoms with van der Waals surface area (Å²) in [4.78, 5) is 16.8. The summed E-state index contributed by atoms with van der Waals surface area (Å²) in [5.41, 5.74) is 4.00. The average molecular weight is 425 g/mol. The standard InChI is InChI=1S/C20H17ClN6OS/c1-3-13-6-4-9-16(10-13)27-12(2)17(24-26-27)18-22-20(29-25-18)23-19(28)14-7-5-8-15(21)11-14/h4-11H,3H2,1-2H3,(H,22,23,25,28). The topological polar surface area (TPSA) is 85.6 Å². The van der Waals surface area contributed by atoms with Crippen LogP contribution in [0.3, 0.4) is 0 Å². The summed E-state index contributed by atoms with van der Waals surface area (Å²) in [7, 11) is 0. The fourth-order valence-corrected chi connectivity index (χ4v) is 3.61. The van der Waals surface area contributed by atoms with Gasteiger partial charge in [-0.05, 0) is 49.2 Å². The summed E-state index contributed by atoms with van der Waals surface area (Å²) in [5.74, 6) is 0.124. The van der Waals surface area contributed by atoms with Gasteiger partial charge in [-0.2, -0.15) is 9.36 Å². The maximum atomic E-state index is 12.4. The van der Waals surface area contributed by atoms with Crippen LogP contribution in [0.15, 0.2) is 48.5 Å². The number of halogens is 1. The van der Waals surface area contributed by atoms with Crippen LogP contribution in [0.2, 0.25) is 5.02 Å². The van der Waals surface area contributed by atoms with E-state index in [0.717, 1.165) is 29.3 Å². The molecule has 2 aromatic heterocycles. The van der Waals surface area contributed by atoms with Crippen LogP contribution in [0.4, 0.5) is 5.13 Å². The molecule has 0 bridgehead atoms. The van der Waals surface area contributed by atoms with Crippen molar-refractivity contribution < 1.29 is 4.79 Å². The van der Waals surface area contributed by atoms with Crippen LogP contribution < -0.4 is 5.32 Å². The molecule has 1 amide bonds. The number of rotatable bonds is 5. The highest BCUT2D eigenvalue weighted by Crippen LogP contribution is 2.24. The van der Waals surface area contributed by atoms with Crippen molar-refractivity contribution in [2.75, 3.05) is 5.32 Å². The molecular weight excluding hydrogens is 408 g/mol. The largest absolute Gasteiger partial charge is 0.297 e. The molecule has 0 aliphatic carbocycles. The number of anilines is 1. The van der Waals surface area contributed by atoms with Crippen molar-refractivity contribution in [2.24, 2.45) is 0 Å². The first-order valence-electron chi connectivity index (χ1n) is 8.97. The van der Waals surface area contributed by atoms with Gasteiger partial charge in [0.1, 0.15) is 0 Å². The van der Waals surface area contributed by atoms with Gasteiger partial charge in [0.2, 0.25) is 5.13 Å². The van der Waals surface area contributed by atoms with Crippen molar-refractivity contribution in [3.05, 3.63) is 70.4 Å². The second-order valence-corrected chi connectivity index (χ2v) is 7.53. The molecule has 0 aliphatic rings. The number of nitrogens with one attached hydrogen (secondary N) is 1. The molecule has 2 heterocycles. The van der Waals surface area contributed by atoms with Gasteiger partial charge in [-0.25, -0.2) is 4.68 Å². The molecule has 2 aromatic carbocycles. The van der Waals surface area contributed by atoms with Gasteiger partial charge in [0.15, 0.2) is 11.5 Å². The van der Waals surface area contributed by atoms with Gasteiger partial charge in [-0.15, -0.1) is 5.10 Å². The lowest BCUT2D eigenvalue weighted by atomic mass is 10.1. The van der Waals surface area contributed by atoms with E-state index in [2.05, 4.69) is 44.0 Å². The molecule has 0 aliphatic heterocycles. The number of amides is 1. The van der Waals surface area contributed by atoms with Gasteiger partial charge < -0.3 is 0 Å². The van der Waals surface area contributed by atoms with Gasteiger partial charge in [0.25, 0.3) is 5.91 Å². The molecule has 0 saturated heterocycles. The molecule has 0 spiro atoms. The number of aryl methyl sites for hydroxylation is 1. The fraction of sp³-hybridized carbons (Fsp3) is 0.150. The number of hydrogen-bond acceptors (Lipinski definition) is 6. The molecule has 0 radical (unpaired) electrons. The number of carbonyl (C=O) groups excluding carboxylic acids is 1. The lowest BCUT2D eigenvalue weighted by molar-refractivity contribution is 0.102. The summed E-state index contributed by atoms with van der Waals surface area (Å²) < 4.78 is 6.09. The van der Waals surface area contributed by atoms with Gasteiger partial charge >= 0.3 is 0 Å². The third kappa shape index (κ3) is 4.03. The molecule has 7 nitrogen and oxygen atoms in total. The summed E-state index contributed by atoms with van der Waals surface area (Å²) >= 11 is 7.03. The van der Waals surface area contributed by atoms with Crippen molar-refractivity contribution in [1.82, 2.24) is 24.4 Å². The Hall–Kier alpha value is -3.10. The van der Waals surface area contributed by atoms with E-state index in [-0.39, 0.29) is 5.91 Å². The maximum Gasteiger partial charge on any atom is 0.257 e. The van der Waals surface area contributed by atoms with E-state index >= 15 is 0 Å². The highest BCUT2D eigenvalue weighted by atomic mass is 35.5. The van der Waals surface area contributed by atoms with E-state index in [9.17, 15) is 4.79 Å². The molecule has 0 saturated carbocycles. The molecule has 1 N–H and O–H groups in total. The van der Waals surface area contributed by atoms with Gasteiger partial charge in [-0.1, -0.05) is 41.9 Å². The summed E-state index contributed by atoms with van der Waals surface area (Å²) in [6, 6.07) is 14.9. The predicted molar refractivity (Wildman–Crippen MR) is 114 cm³/mol.